The van der Waals surface area contributed by atoms with E-state index in [1.807, 2.05) is 18.2 Å². The average Bonchev–Trinajstić information content (AvgIpc) is 2.88. The maximum Gasteiger partial charge on any atom is 0.237 e. The molecule has 3 atom stereocenters. The lowest BCUT2D eigenvalue weighted by molar-refractivity contribution is -0.123. The molecular formula is C16H23F2N3OS. The predicted molar refractivity (Wildman–Crippen MR) is 89.3 cm³/mol. The molecule has 128 valence electrons. The van der Waals surface area contributed by atoms with Gasteiger partial charge in [0.1, 0.15) is 0 Å². The maximum atomic E-state index is 13.5. The van der Waals surface area contributed by atoms with Gasteiger partial charge in [-0.1, -0.05) is 6.07 Å². The maximum absolute atomic E-state index is 13.5. The van der Waals surface area contributed by atoms with Crippen molar-refractivity contribution in [1.82, 2.24) is 10.2 Å². The van der Waals surface area contributed by atoms with Crippen molar-refractivity contribution in [3.8, 4) is 0 Å². The summed E-state index contributed by atoms with van der Waals surface area (Å²) >= 11 is 1.65. The highest BCUT2D eigenvalue weighted by atomic mass is 32.2. The van der Waals surface area contributed by atoms with Crippen LogP contribution in [0.2, 0.25) is 0 Å². The summed E-state index contributed by atoms with van der Waals surface area (Å²) in [7, 11) is 1.91. The Hall–Kier alpha value is -1.18. The van der Waals surface area contributed by atoms with E-state index in [4.69, 9.17) is 5.73 Å². The zero-order valence-corrected chi connectivity index (χ0v) is 14.2. The largest absolute Gasteiger partial charge is 0.350 e. The number of carbonyl (C=O) groups is 1. The number of likely N-dealkylation sites (tertiary alicyclic amines) is 1. The molecule has 0 spiro atoms. The second-order valence-corrected chi connectivity index (χ2v) is 6.88. The first-order valence-corrected chi connectivity index (χ1v) is 9.03. The van der Waals surface area contributed by atoms with E-state index in [0.29, 0.717) is 12.0 Å². The molecule has 1 saturated heterocycles. The van der Waals surface area contributed by atoms with Crippen molar-refractivity contribution in [3.05, 3.63) is 35.4 Å². The summed E-state index contributed by atoms with van der Waals surface area (Å²) < 4.78 is 26.7. The van der Waals surface area contributed by atoms with Crippen molar-refractivity contribution in [2.24, 2.45) is 5.73 Å². The van der Waals surface area contributed by atoms with Crippen molar-refractivity contribution < 1.29 is 13.6 Å². The van der Waals surface area contributed by atoms with Crippen molar-refractivity contribution in [3.63, 3.8) is 0 Å². The molecule has 1 aliphatic rings. The van der Waals surface area contributed by atoms with Crippen LogP contribution in [0.1, 0.15) is 24.4 Å². The quantitative estimate of drug-likeness (QED) is 0.828. The molecule has 3 N–H and O–H groups in total. The highest BCUT2D eigenvalue weighted by Crippen LogP contribution is 2.31. The van der Waals surface area contributed by atoms with Gasteiger partial charge in [-0.3, -0.25) is 9.69 Å². The molecule has 4 nitrogen and oxygen atoms in total. The van der Waals surface area contributed by atoms with Crippen LogP contribution in [-0.2, 0) is 4.79 Å². The van der Waals surface area contributed by atoms with Crippen LogP contribution >= 0.6 is 11.8 Å². The summed E-state index contributed by atoms with van der Waals surface area (Å²) in [6, 6.07) is 3.02. The fraction of sp³-hybridized carbons (Fsp3) is 0.562. The molecule has 2 rings (SSSR count). The van der Waals surface area contributed by atoms with Crippen molar-refractivity contribution in [2.75, 3.05) is 25.6 Å². The predicted octanol–water partition coefficient (Wildman–Crippen LogP) is 1.91. The third-order valence-electron chi connectivity index (χ3n) is 4.23. The monoisotopic (exact) mass is 343 g/mol. The van der Waals surface area contributed by atoms with E-state index in [0.717, 1.165) is 24.8 Å². The minimum atomic E-state index is -0.871. The van der Waals surface area contributed by atoms with Gasteiger partial charge in [0.15, 0.2) is 11.6 Å². The fourth-order valence-corrected chi connectivity index (χ4v) is 3.44. The van der Waals surface area contributed by atoms with E-state index in [9.17, 15) is 13.6 Å². The second kappa shape index (κ2) is 8.08. The first-order chi connectivity index (χ1) is 10.9. The van der Waals surface area contributed by atoms with Crippen LogP contribution < -0.4 is 11.1 Å². The molecule has 1 aliphatic heterocycles. The number of nitrogens with zero attached hydrogens (tertiary/aromatic N) is 1. The number of rotatable bonds is 6. The number of amides is 1. The molecule has 1 amide bonds. The number of nitrogens with two attached hydrogens (primary N) is 1. The zero-order chi connectivity index (χ0) is 17.0. The molecule has 0 aliphatic carbocycles. The number of carbonyl (C=O) groups excluding carboxylic acids is 1. The van der Waals surface area contributed by atoms with Gasteiger partial charge in [0.2, 0.25) is 5.91 Å². The topological polar surface area (TPSA) is 58.4 Å². The SMILES string of the molecule is CSCCC(N)C(=O)NC1CCN(C)C1c1ccc(F)c(F)c1. The molecule has 0 radical (unpaired) electrons. The summed E-state index contributed by atoms with van der Waals surface area (Å²) in [4.78, 5) is 14.2. The van der Waals surface area contributed by atoms with Gasteiger partial charge in [0.05, 0.1) is 12.1 Å². The molecular weight excluding hydrogens is 320 g/mol. The Morgan fingerprint density at radius 3 is 2.87 bits per heavy atom. The lowest BCUT2D eigenvalue weighted by atomic mass is 9.99. The van der Waals surface area contributed by atoms with E-state index < -0.39 is 17.7 Å². The average molecular weight is 343 g/mol. The molecule has 0 bridgehead atoms. The number of hydrogen-bond acceptors (Lipinski definition) is 4. The highest BCUT2D eigenvalue weighted by Gasteiger charge is 2.35. The molecule has 0 aromatic heterocycles. The van der Waals surface area contributed by atoms with Crippen molar-refractivity contribution >= 4 is 17.7 Å². The van der Waals surface area contributed by atoms with E-state index in [1.165, 1.54) is 6.07 Å². The van der Waals surface area contributed by atoms with Crippen LogP contribution in [0.25, 0.3) is 0 Å². The van der Waals surface area contributed by atoms with Crippen LogP contribution in [0.4, 0.5) is 8.78 Å². The summed E-state index contributed by atoms with van der Waals surface area (Å²) in [6.07, 6.45) is 3.34. The van der Waals surface area contributed by atoms with Gasteiger partial charge < -0.3 is 11.1 Å². The van der Waals surface area contributed by atoms with Crippen molar-refractivity contribution in [2.45, 2.75) is 31.0 Å². The van der Waals surface area contributed by atoms with Crippen LogP contribution in [-0.4, -0.2) is 48.5 Å². The summed E-state index contributed by atoms with van der Waals surface area (Å²) in [5.41, 5.74) is 6.55. The van der Waals surface area contributed by atoms with Crippen LogP contribution in [0.3, 0.4) is 0 Å². The lowest BCUT2D eigenvalue weighted by Gasteiger charge is -2.27. The number of hydrogen-bond donors (Lipinski definition) is 2. The van der Waals surface area contributed by atoms with Gasteiger partial charge in [-0.25, -0.2) is 8.78 Å². The van der Waals surface area contributed by atoms with E-state index in [-0.39, 0.29) is 18.0 Å². The first-order valence-electron chi connectivity index (χ1n) is 7.64. The Balaban J connectivity index is 2.08. The Bertz CT molecular complexity index is 558. The minimum Gasteiger partial charge on any atom is -0.350 e. The lowest BCUT2D eigenvalue weighted by Crippen LogP contribution is -2.47. The first kappa shape index (κ1) is 18.2. The molecule has 0 saturated carbocycles. The highest BCUT2D eigenvalue weighted by molar-refractivity contribution is 7.98. The van der Waals surface area contributed by atoms with E-state index in [2.05, 4.69) is 5.32 Å². The number of thioether (sulfide) groups is 1. The number of halogens is 2. The molecule has 3 unspecified atom stereocenters. The number of nitrogens with one attached hydrogen (secondary N) is 1. The van der Waals surface area contributed by atoms with Gasteiger partial charge in [-0.15, -0.1) is 0 Å². The van der Waals surface area contributed by atoms with Gasteiger partial charge in [-0.05, 0) is 49.6 Å². The van der Waals surface area contributed by atoms with E-state index >= 15 is 0 Å². The molecule has 1 fully saturated rings. The van der Waals surface area contributed by atoms with Crippen molar-refractivity contribution in [1.29, 1.82) is 0 Å². The zero-order valence-electron chi connectivity index (χ0n) is 13.4. The molecule has 1 heterocycles. The normalized spacial score (nSPS) is 23.0. The standard InChI is InChI=1S/C16H23F2N3OS/c1-21-7-5-14(20-16(22)13(19)6-8-23-2)15(21)10-3-4-11(17)12(18)9-10/h3-4,9,13-15H,5-8,19H2,1-2H3,(H,20,22). The summed E-state index contributed by atoms with van der Waals surface area (Å²) in [5, 5.41) is 2.97. The number of likely N-dealkylation sites (N-methyl/N-ethyl adjacent to an activating group) is 1. The van der Waals surface area contributed by atoms with E-state index in [1.54, 1.807) is 17.8 Å². The van der Waals surface area contributed by atoms with Gasteiger partial charge >= 0.3 is 0 Å². The summed E-state index contributed by atoms with van der Waals surface area (Å²) in [6.45, 7) is 0.772. The Morgan fingerprint density at radius 2 is 2.22 bits per heavy atom. The van der Waals surface area contributed by atoms with Crippen LogP contribution in [0.15, 0.2) is 18.2 Å². The molecule has 1 aromatic rings. The van der Waals surface area contributed by atoms with Gasteiger partial charge in [0, 0.05) is 12.6 Å². The smallest absolute Gasteiger partial charge is 0.237 e. The third-order valence-corrected chi connectivity index (χ3v) is 4.88. The molecule has 7 heteroatoms. The van der Waals surface area contributed by atoms with Gasteiger partial charge in [-0.2, -0.15) is 11.8 Å². The molecule has 23 heavy (non-hydrogen) atoms. The number of benzene rings is 1. The van der Waals surface area contributed by atoms with Gasteiger partial charge in [0.25, 0.3) is 0 Å². The Kier molecular flexibility index (Phi) is 6.38. The molecule has 1 aromatic carbocycles. The van der Waals surface area contributed by atoms with Crippen LogP contribution in [0, 0.1) is 11.6 Å². The second-order valence-electron chi connectivity index (χ2n) is 5.89. The Morgan fingerprint density at radius 1 is 1.48 bits per heavy atom. The summed E-state index contributed by atoms with van der Waals surface area (Å²) in [5.74, 6) is -1.10. The Labute approximate surface area is 139 Å². The third kappa shape index (κ3) is 4.43. The fourth-order valence-electron chi connectivity index (χ4n) is 2.95. The minimum absolute atomic E-state index is 0.155. The van der Waals surface area contributed by atoms with Crippen LogP contribution in [0.5, 0.6) is 0 Å².